The minimum atomic E-state index is -0.155. The van der Waals surface area contributed by atoms with Crippen molar-refractivity contribution in [1.82, 2.24) is 9.13 Å². The second-order valence-electron chi connectivity index (χ2n) is 11.1. The summed E-state index contributed by atoms with van der Waals surface area (Å²) in [5, 5.41) is 2.60. The molecule has 0 fully saturated rings. The Morgan fingerprint density at radius 3 is 1.85 bits per heavy atom. The number of aromatic nitrogens is 2. The molecule has 2 nitrogen and oxygen atoms in total. The Labute approximate surface area is 228 Å². The Bertz CT molecular complexity index is 2000. The highest BCUT2D eigenvalue weighted by atomic mass is 15.1. The highest BCUT2D eigenvalue weighted by Gasteiger charge is 2.40. The molecule has 0 spiro atoms. The van der Waals surface area contributed by atoms with Crippen LogP contribution < -0.4 is 0 Å². The summed E-state index contributed by atoms with van der Waals surface area (Å²) in [5.74, 6) is 0. The van der Waals surface area contributed by atoms with Crippen LogP contribution in [0.1, 0.15) is 25.1 Å². The number of para-hydroxylation sites is 1. The van der Waals surface area contributed by atoms with Crippen LogP contribution in [0.4, 0.5) is 0 Å². The molecule has 3 heterocycles. The predicted molar refractivity (Wildman–Crippen MR) is 163 cm³/mol. The highest BCUT2D eigenvalue weighted by molar-refractivity contribution is 6.11. The summed E-state index contributed by atoms with van der Waals surface area (Å²) in [4.78, 5) is 0. The summed E-state index contributed by atoms with van der Waals surface area (Å²) >= 11 is 0. The lowest BCUT2D eigenvalue weighted by molar-refractivity contribution is 0.646. The number of nitrogens with zero attached hydrogens (tertiary/aromatic N) is 2. The number of fused-ring (bicyclic) bond motifs is 7. The van der Waals surface area contributed by atoms with Gasteiger partial charge >= 0.3 is 0 Å². The minimum Gasteiger partial charge on any atom is -0.317 e. The molecule has 7 aromatic rings. The van der Waals surface area contributed by atoms with Crippen molar-refractivity contribution >= 4 is 21.8 Å². The number of hydrogen-bond acceptors (Lipinski definition) is 0. The predicted octanol–water partition coefficient (Wildman–Crippen LogP) is 9.55. The Morgan fingerprint density at radius 2 is 1.13 bits per heavy atom. The molecule has 2 aromatic heterocycles. The van der Waals surface area contributed by atoms with Crippen molar-refractivity contribution in [2.24, 2.45) is 0 Å². The standard InChI is InChI=1S/C37H28N2/c1-37(2)32-23-28(26-13-7-4-8-14-26)19-22-34(32)38-24-31-30-15-9-10-16-33(30)39(35(31)36(37)38)29-20-17-27(18-21-29)25-11-5-3-6-12-25/h3-24H,1-2H3. The molecule has 2 heteroatoms. The van der Waals surface area contributed by atoms with Gasteiger partial charge in [0.2, 0.25) is 0 Å². The molecular formula is C37H28N2. The maximum atomic E-state index is 2.47. The average molecular weight is 501 g/mol. The van der Waals surface area contributed by atoms with Gasteiger partial charge in [0, 0.05) is 33.8 Å². The summed E-state index contributed by atoms with van der Waals surface area (Å²) in [6, 6.07) is 46.1. The third kappa shape index (κ3) is 3.15. The van der Waals surface area contributed by atoms with Gasteiger partial charge in [0.05, 0.1) is 16.7 Å². The van der Waals surface area contributed by atoms with E-state index in [4.69, 9.17) is 0 Å². The molecule has 1 aliphatic rings. The van der Waals surface area contributed by atoms with Crippen LogP contribution in [-0.4, -0.2) is 9.13 Å². The molecule has 0 atom stereocenters. The van der Waals surface area contributed by atoms with E-state index in [1.165, 1.54) is 66.7 Å². The number of benzene rings is 5. The van der Waals surface area contributed by atoms with E-state index < -0.39 is 0 Å². The summed E-state index contributed by atoms with van der Waals surface area (Å²) in [7, 11) is 0. The van der Waals surface area contributed by atoms with Gasteiger partial charge in [-0.25, -0.2) is 0 Å². The van der Waals surface area contributed by atoms with Crippen molar-refractivity contribution in [2.45, 2.75) is 19.3 Å². The molecule has 0 saturated carbocycles. The number of rotatable bonds is 3. The van der Waals surface area contributed by atoms with Crippen molar-refractivity contribution in [3.8, 4) is 33.6 Å². The summed E-state index contributed by atoms with van der Waals surface area (Å²) in [6.07, 6.45) is 2.36. The van der Waals surface area contributed by atoms with Gasteiger partial charge in [-0.2, -0.15) is 0 Å². The molecule has 39 heavy (non-hydrogen) atoms. The molecule has 0 unspecified atom stereocenters. The van der Waals surface area contributed by atoms with Gasteiger partial charge in [0.1, 0.15) is 0 Å². The summed E-state index contributed by atoms with van der Waals surface area (Å²) in [6.45, 7) is 4.75. The van der Waals surface area contributed by atoms with Gasteiger partial charge < -0.3 is 9.13 Å². The van der Waals surface area contributed by atoms with E-state index in [1.54, 1.807) is 0 Å². The SMILES string of the molecule is CC1(C)c2cc(-c3ccccc3)ccc2-n2cc3c4ccccc4n(-c4ccc(-c5ccccc5)cc4)c3c21. The lowest BCUT2D eigenvalue weighted by atomic mass is 9.81. The molecule has 0 saturated heterocycles. The van der Waals surface area contributed by atoms with Crippen LogP contribution in [0.15, 0.2) is 134 Å². The first kappa shape index (κ1) is 22.2. The van der Waals surface area contributed by atoms with Crippen LogP contribution in [0.5, 0.6) is 0 Å². The zero-order valence-corrected chi connectivity index (χ0v) is 22.1. The fraction of sp³-hybridized carbons (Fsp3) is 0.0811. The Kier molecular flexibility index (Phi) is 4.60. The quantitative estimate of drug-likeness (QED) is 0.229. The van der Waals surface area contributed by atoms with Crippen LogP contribution in [0, 0.1) is 0 Å². The van der Waals surface area contributed by atoms with Gasteiger partial charge in [-0.1, -0.05) is 111 Å². The van der Waals surface area contributed by atoms with Crippen LogP contribution >= 0.6 is 0 Å². The lowest BCUT2D eigenvalue weighted by Crippen LogP contribution is -2.17. The summed E-state index contributed by atoms with van der Waals surface area (Å²) < 4.78 is 4.91. The van der Waals surface area contributed by atoms with Crippen molar-refractivity contribution in [1.29, 1.82) is 0 Å². The zero-order chi connectivity index (χ0) is 26.1. The van der Waals surface area contributed by atoms with Gasteiger partial charge in [0.25, 0.3) is 0 Å². The molecule has 186 valence electrons. The molecule has 1 aliphatic heterocycles. The highest BCUT2D eigenvalue weighted by Crippen LogP contribution is 2.50. The first-order valence-corrected chi connectivity index (χ1v) is 13.6. The largest absolute Gasteiger partial charge is 0.317 e. The first-order valence-electron chi connectivity index (χ1n) is 13.6. The van der Waals surface area contributed by atoms with Crippen molar-refractivity contribution in [3.63, 3.8) is 0 Å². The molecule has 0 radical (unpaired) electrons. The van der Waals surface area contributed by atoms with Crippen molar-refractivity contribution < 1.29 is 0 Å². The van der Waals surface area contributed by atoms with Crippen molar-refractivity contribution in [2.75, 3.05) is 0 Å². The van der Waals surface area contributed by atoms with Crippen LogP contribution in [0.25, 0.3) is 55.4 Å². The third-order valence-corrected chi connectivity index (χ3v) is 8.50. The van der Waals surface area contributed by atoms with Gasteiger partial charge in [0.15, 0.2) is 0 Å². The molecule has 8 rings (SSSR count). The van der Waals surface area contributed by atoms with Crippen LogP contribution in [0.2, 0.25) is 0 Å². The monoisotopic (exact) mass is 500 g/mol. The second kappa shape index (κ2) is 8.09. The van der Waals surface area contributed by atoms with Gasteiger partial charge in [-0.05, 0) is 58.1 Å². The van der Waals surface area contributed by atoms with E-state index in [0.717, 1.165) is 0 Å². The normalized spacial score (nSPS) is 13.6. The van der Waals surface area contributed by atoms with E-state index in [-0.39, 0.29) is 5.41 Å². The first-order chi connectivity index (χ1) is 19.1. The Hall–Kier alpha value is -4.82. The maximum absolute atomic E-state index is 2.47. The maximum Gasteiger partial charge on any atom is 0.0763 e. The topological polar surface area (TPSA) is 9.86 Å². The van der Waals surface area contributed by atoms with E-state index >= 15 is 0 Å². The molecule has 0 bridgehead atoms. The van der Waals surface area contributed by atoms with E-state index in [0.29, 0.717) is 0 Å². The molecule has 5 aromatic carbocycles. The minimum absolute atomic E-state index is 0.155. The van der Waals surface area contributed by atoms with E-state index in [2.05, 4.69) is 157 Å². The molecule has 0 amide bonds. The Balaban J connectivity index is 1.36. The molecular weight excluding hydrogens is 472 g/mol. The van der Waals surface area contributed by atoms with Crippen LogP contribution in [-0.2, 0) is 5.41 Å². The fourth-order valence-electron chi connectivity index (χ4n) is 6.61. The number of hydrogen-bond donors (Lipinski definition) is 0. The van der Waals surface area contributed by atoms with E-state index in [9.17, 15) is 0 Å². The van der Waals surface area contributed by atoms with Gasteiger partial charge in [-0.15, -0.1) is 0 Å². The zero-order valence-electron chi connectivity index (χ0n) is 22.1. The van der Waals surface area contributed by atoms with Crippen LogP contribution in [0.3, 0.4) is 0 Å². The van der Waals surface area contributed by atoms with Gasteiger partial charge in [-0.3, -0.25) is 0 Å². The average Bonchev–Trinajstić information content (AvgIpc) is 3.59. The molecule has 0 aliphatic carbocycles. The third-order valence-electron chi connectivity index (χ3n) is 8.50. The second-order valence-corrected chi connectivity index (χ2v) is 11.1. The smallest absolute Gasteiger partial charge is 0.0763 e. The molecule has 0 N–H and O–H groups in total. The fourth-order valence-corrected chi connectivity index (χ4v) is 6.61. The summed E-state index contributed by atoms with van der Waals surface area (Å²) in [5.41, 5.74) is 12.6. The van der Waals surface area contributed by atoms with Crippen molar-refractivity contribution in [3.05, 3.63) is 145 Å². The lowest BCUT2D eigenvalue weighted by Gasteiger charge is -2.21. The Morgan fingerprint density at radius 1 is 0.538 bits per heavy atom. The van der Waals surface area contributed by atoms with E-state index in [1.807, 2.05) is 0 Å².